The van der Waals surface area contributed by atoms with Gasteiger partial charge in [-0.25, -0.2) is 0 Å². The fourth-order valence-corrected chi connectivity index (χ4v) is 2.22. The summed E-state index contributed by atoms with van der Waals surface area (Å²) in [6.07, 6.45) is 2.42. The Kier molecular flexibility index (Phi) is 5.04. The molecule has 1 aromatic carbocycles. The lowest BCUT2D eigenvalue weighted by atomic mass is 9.98. The van der Waals surface area contributed by atoms with Crippen LogP contribution in [0.25, 0.3) is 0 Å². The number of methoxy groups -OCH3 is 1. The highest BCUT2D eigenvalue weighted by Gasteiger charge is 2.11. The Morgan fingerprint density at radius 3 is 2.57 bits per heavy atom. The van der Waals surface area contributed by atoms with E-state index in [1.165, 1.54) is 11.8 Å². The van der Waals surface area contributed by atoms with Crippen molar-refractivity contribution in [1.29, 1.82) is 0 Å². The average Bonchev–Trinajstić information content (AvgIpc) is 2.93. The fraction of sp³-hybridized carbons (Fsp3) is 0.353. The molecule has 0 fully saturated rings. The molecule has 2 aromatic rings. The van der Waals surface area contributed by atoms with Gasteiger partial charge in [0.25, 0.3) is 5.91 Å². The van der Waals surface area contributed by atoms with E-state index in [1.807, 2.05) is 12.1 Å². The Labute approximate surface area is 125 Å². The molecule has 1 heterocycles. The van der Waals surface area contributed by atoms with Crippen LogP contribution in [-0.2, 0) is 0 Å². The summed E-state index contributed by atoms with van der Waals surface area (Å²) < 4.78 is 10.3. The third kappa shape index (κ3) is 3.88. The molecule has 0 saturated carbocycles. The quantitative estimate of drug-likeness (QED) is 0.884. The summed E-state index contributed by atoms with van der Waals surface area (Å²) in [6.45, 7) is 4.57. The minimum absolute atomic E-state index is 0.0804. The normalized spacial score (nSPS) is 12.0. The maximum Gasteiger partial charge on any atom is 0.254 e. The third-order valence-electron chi connectivity index (χ3n) is 3.65. The second-order valence-corrected chi connectivity index (χ2v) is 5.11. The van der Waals surface area contributed by atoms with Crippen LogP contribution in [0.1, 0.15) is 40.9 Å². The van der Waals surface area contributed by atoms with Crippen LogP contribution in [0.4, 0.5) is 0 Å². The Balaban J connectivity index is 1.82. The minimum atomic E-state index is -0.0804. The zero-order valence-electron chi connectivity index (χ0n) is 12.7. The maximum absolute atomic E-state index is 11.9. The first-order valence-corrected chi connectivity index (χ1v) is 7.08. The number of furan rings is 1. The highest BCUT2D eigenvalue weighted by Crippen LogP contribution is 2.21. The summed E-state index contributed by atoms with van der Waals surface area (Å²) in [5, 5.41) is 2.93. The second-order valence-electron chi connectivity index (χ2n) is 5.11. The van der Waals surface area contributed by atoms with Crippen molar-refractivity contribution in [3.8, 4) is 5.75 Å². The lowest BCUT2D eigenvalue weighted by Gasteiger charge is -2.13. The van der Waals surface area contributed by atoms with Gasteiger partial charge in [-0.1, -0.05) is 19.1 Å². The number of benzene rings is 1. The number of amides is 1. The number of rotatable bonds is 6. The lowest BCUT2D eigenvalue weighted by Crippen LogP contribution is -2.25. The average molecular weight is 287 g/mol. The molecule has 1 N–H and O–H groups in total. The molecule has 21 heavy (non-hydrogen) atoms. The van der Waals surface area contributed by atoms with E-state index in [0.29, 0.717) is 23.8 Å². The third-order valence-corrected chi connectivity index (χ3v) is 3.65. The molecule has 1 amide bonds. The van der Waals surface area contributed by atoms with Crippen LogP contribution >= 0.6 is 0 Å². The molecular formula is C17H21NO3. The second kappa shape index (κ2) is 6.97. The summed E-state index contributed by atoms with van der Waals surface area (Å²) in [5.74, 6) is 1.80. The molecule has 0 aliphatic carbocycles. The monoisotopic (exact) mass is 287 g/mol. The highest BCUT2D eigenvalue weighted by molar-refractivity contribution is 5.94. The Morgan fingerprint density at radius 1 is 1.29 bits per heavy atom. The molecule has 1 atom stereocenters. The predicted octanol–water partition coefficient (Wildman–Crippen LogP) is 3.52. The van der Waals surface area contributed by atoms with Gasteiger partial charge in [0, 0.05) is 6.54 Å². The van der Waals surface area contributed by atoms with E-state index in [9.17, 15) is 4.79 Å². The van der Waals surface area contributed by atoms with Gasteiger partial charge in [0.2, 0.25) is 0 Å². The number of ether oxygens (including phenoxy) is 1. The summed E-state index contributed by atoms with van der Waals surface area (Å²) in [7, 11) is 1.66. The van der Waals surface area contributed by atoms with E-state index in [4.69, 9.17) is 9.15 Å². The SMILES string of the molecule is COc1ccc([C@@H](C)CCNC(=O)c2ccoc2C)cc1. The molecular weight excluding hydrogens is 266 g/mol. The Bertz CT molecular complexity index is 586. The number of aryl methyl sites for hydroxylation is 1. The molecule has 0 aliphatic heterocycles. The van der Waals surface area contributed by atoms with Crippen LogP contribution in [0.3, 0.4) is 0 Å². The first-order chi connectivity index (χ1) is 10.1. The van der Waals surface area contributed by atoms with Gasteiger partial charge < -0.3 is 14.5 Å². The summed E-state index contributed by atoms with van der Waals surface area (Å²) >= 11 is 0. The largest absolute Gasteiger partial charge is 0.497 e. The molecule has 0 aliphatic rings. The number of carbonyl (C=O) groups excluding carboxylic acids is 1. The number of hydrogen-bond donors (Lipinski definition) is 1. The molecule has 1 aromatic heterocycles. The van der Waals surface area contributed by atoms with Crippen molar-refractivity contribution in [1.82, 2.24) is 5.32 Å². The van der Waals surface area contributed by atoms with Crippen LogP contribution in [0, 0.1) is 6.92 Å². The van der Waals surface area contributed by atoms with E-state index >= 15 is 0 Å². The molecule has 112 valence electrons. The zero-order valence-corrected chi connectivity index (χ0v) is 12.7. The standard InChI is InChI=1S/C17H21NO3/c1-12(14-4-6-15(20-3)7-5-14)8-10-18-17(19)16-9-11-21-13(16)2/h4-7,9,11-12H,8,10H2,1-3H3,(H,18,19)/t12-/m0/s1. The maximum atomic E-state index is 11.9. The molecule has 0 spiro atoms. The van der Waals surface area contributed by atoms with E-state index in [-0.39, 0.29) is 5.91 Å². The van der Waals surface area contributed by atoms with Crippen molar-refractivity contribution in [2.45, 2.75) is 26.2 Å². The van der Waals surface area contributed by atoms with Crippen molar-refractivity contribution in [3.05, 3.63) is 53.5 Å². The van der Waals surface area contributed by atoms with Crippen LogP contribution < -0.4 is 10.1 Å². The van der Waals surface area contributed by atoms with Crippen LogP contribution in [0.5, 0.6) is 5.75 Å². The molecule has 0 radical (unpaired) electrons. The van der Waals surface area contributed by atoms with Crippen LogP contribution in [0.15, 0.2) is 41.0 Å². The number of carbonyl (C=O) groups is 1. The van der Waals surface area contributed by atoms with E-state index in [1.54, 1.807) is 20.1 Å². The first kappa shape index (κ1) is 15.2. The molecule has 0 saturated heterocycles. The summed E-state index contributed by atoms with van der Waals surface area (Å²) in [5.41, 5.74) is 1.84. The minimum Gasteiger partial charge on any atom is -0.497 e. The Hall–Kier alpha value is -2.23. The van der Waals surface area contributed by atoms with Gasteiger partial charge in [0.15, 0.2) is 0 Å². The summed E-state index contributed by atoms with van der Waals surface area (Å²) in [4.78, 5) is 11.9. The molecule has 4 nitrogen and oxygen atoms in total. The van der Waals surface area contributed by atoms with E-state index in [2.05, 4.69) is 24.4 Å². The Morgan fingerprint density at radius 2 is 2.00 bits per heavy atom. The van der Waals surface area contributed by atoms with Gasteiger partial charge in [-0.3, -0.25) is 4.79 Å². The smallest absolute Gasteiger partial charge is 0.254 e. The molecule has 0 bridgehead atoms. The topological polar surface area (TPSA) is 51.5 Å². The van der Waals surface area contributed by atoms with Crippen molar-refractivity contribution in [2.24, 2.45) is 0 Å². The van der Waals surface area contributed by atoms with Crippen molar-refractivity contribution in [2.75, 3.05) is 13.7 Å². The predicted molar refractivity (Wildman–Crippen MR) is 81.8 cm³/mol. The van der Waals surface area contributed by atoms with E-state index < -0.39 is 0 Å². The van der Waals surface area contributed by atoms with Gasteiger partial charge >= 0.3 is 0 Å². The van der Waals surface area contributed by atoms with Crippen molar-refractivity contribution in [3.63, 3.8) is 0 Å². The molecule has 2 rings (SSSR count). The van der Waals surface area contributed by atoms with Crippen LogP contribution in [0.2, 0.25) is 0 Å². The highest BCUT2D eigenvalue weighted by atomic mass is 16.5. The van der Waals surface area contributed by atoms with E-state index in [0.717, 1.165) is 12.2 Å². The number of hydrogen-bond acceptors (Lipinski definition) is 3. The van der Waals surface area contributed by atoms with Gasteiger partial charge in [0.1, 0.15) is 11.5 Å². The van der Waals surface area contributed by atoms with Gasteiger partial charge in [-0.15, -0.1) is 0 Å². The van der Waals surface area contributed by atoms with Crippen molar-refractivity contribution < 1.29 is 13.9 Å². The first-order valence-electron chi connectivity index (χ1n) is 7.08. The van der Waals surface area contributed by atoms with Gasteiger partial charge in [0.05, 0.1) is 18.9 Å². The van der Waals surface area contributed by atoms with Crippen molar-refractivity contribution >= 4 is 5.91 Å². The zero-order chi connectivity index (χ0) is 15.2. The lowest BCUT2D eigenvalue weighted by molar-refractivity contribution is 0.0951. The fourth-order valence-electron chi connectivity index (χ4n) is 2.22. The van der Waals surface area contributed by atoms with Gasteiger partial charge in [-0.05, 0) is 43.0 Å². The molecule has 0 unspecified atom stereocenters. The number of nitrogens with one attached hydrogen (secondary N) is 1. The van der Waals surface area contributed by atoms with Crippen LogP contribution in [-0.4, -0.2) is 19.6 Å². The summed E-state index contributed by atoms with van der Waals surface area (Å²) in [6, 6.07) is 9.73. The van der Waals surface area contributed by atoms with Gasteiger partial charge in [-0.2, -0.15) is 0 Å². The molecule has 4 heteroatoms.